The van der Waals surface area contributed by atoms with Crippen LogP contribution in [-0.4, -0.2) is 69.5 Å². The Labute approximate surface area is 167 Å². The third-order valence-electron chi connectivity index (χ3n) is 5.34. The molecule has 0 unspecified atom stereocenters. The summed E-state index contributed by atoms with van der Waals surface area (Å²) < 4.78 is 17.2. The van der Waals surface area contributed by atoms with Crippen molar-refractivity contribution in [3.05, 3.63) is 12.1 Å². The van der Waals surface area contributed by atoms with Crippen molar-refractivity contribution in [3.8, 4) is 11.5 Å². The smallest absolute Gasteiger partial charge is 0.241 e. The van der Waals surface area contributed by atoms with Gasteiger partial charge in [0, 0.05) is 25.2 Å². The van der Waals surface area contributed by atoms with Gasteiger partial charge in [0.05, 0.1) is 43.8 Å². The van der Waals surface area contributed by atoms with E-state index in [0.29, 0.717) is 37.9 Å². The highest BCUT2D eigenvalue weighted by Crippen LogP contribution is 2.39. The zero-order chi connectivity index (χ0) is 19.9. The number of carbonyl (C=O) groups excluding carboxylic acids is 1. The monoisotopic (exact) mass is 391 g/mol. The van der Waals surface area contributed by atoms with Gasteiger partial charge in [-0.05, 0) is 46.7 Å². The largest absolute Gasteiger partial charge is 0.492 e. The molecule has 0 radical (unpaired) electrons. The molecule has 2 aliphatic heterocycles. The SMILES string of the molecule is CCOc1cc(N2CCOCC2)c(OCC)cc1NC(=O)[C@@H](C)N1CCCC1. The molecule has 7 nitrogen and oxygen atoms in total. The molecule has 0 aliphatic carbocycles. The first-order valence-electron chi connectivity index (χ1n) is 10.4. The molecule has 0 aromatic heterocycles. The number of ether oxygens (including phenoxy) is 3. The Bertz CT molecular complexity index is 655. The molecular weight excluding hydrogens is 358 g/mol. The van der Waals surface area contributed by atoms with Crippen LogP contribution in [0.3, 0.4) is 0 Å². The first-order chi connectivity index (χ1) is 13.6. The number of benzene rings is 1. The fourth-order valence-corrected chi connectivity index (χ4v) is 3.78. The number of nitrogens with one attached hydrogen (secondary N) is 1. The molecule has 28 heavy (non-hydrogen) atoms. The van der Waals surface area contributed by atoms with Crippen molar-refractivity contribution in [2.24, 2.45) is 0 Å². The van der Waals surface area contributed by atoms with Crippen molar-refractivity contribution in [3.63, 3.8) is 0 Å². The average molecular weight is 392 g/mol. The molecule has 1 N–H and O–H groups in total. The van der Waals surface area contributed by atoms with Crippen LogP contribution >= 0.6 is 0 Å². The van der Waals surface area contributed by atoms with Gasteiger partial charge in [0.15, 0.2) is 0 Å². The molecule has 156 valence electrons. The number of anilines is 2. The highest BCUT2D eigenvalue weighted by atomic mass is 16.5. The lowest BCUT2D eigenvalue weighted by Gasteiger charge is -2.31. The van der Waals surface area contributed by atoms with E-state index < -0.39 is 0 Å². The minimum absolute atomic E-state index is 0.00979. The van der Waals surface area contributed by atoms with Crippen molar-refractivity contribution < 1.29 is 19.0 Å². The highest BCUT2D eigenvalue weighted by Gasteiger charge is 2.26. The Morgan fingerprint density at radius 3 is 2.36 bits per heavy atom. The second kappa shape index (κ2) is 9.98. The van der Waals surface area contributed by atoms with Gasteiger partial charge in [0.25, 0.3) is 0 Å². The van der Waals surface area contributed by atoms with Gasteiger partial charge in [-0.25, -0.2) is 0 Å². The minimum Gasteiger partial charge on any atom is -0.492 e. The lowest BCUT2D eigenvalue weighted by Crippen LogP contribution is -2.40. The summed E-state index contributed by atoms with van der Waals surface area (Å²) in [5.41, 5.74) is 1.65. The molecule has 2 heterocycles. The van der Waals surface area contributed by atoms with Gasteiger partial charge in [-0.3, -0.25) is 9.69 Å². The van der Waals surface area contributed by atoms with Gasteiger partial charge in [-0.2, -0.15) is 0 Å². The van der Waals surface area contributed by atoms with Crippen LogP contribution < -0.4 is 19.7 Å². The van der Waals surface area contributed by atoms with E-state index in [1.807, 2.05) is 32.9 Å². The van der Waals surface area contributed by atoms with E-state index >= 15 is 0 Å². The van der Waals surface area contributed by atoms with E-state index in [1.165, 1.54) is 0 Å². The van der Waals surface area contributed by atoms with Crippen LogP contribution in [-0.2, 0) is 9.53 Å². The summed E-state index contributed by atoms with van der Waals surface area (Å²) in [6.45, 7) is 11.9. The molecule has 0 saturated carbocycles. The summed E-state index contributed by atoms with van der Waals surface area (Å²) >= 11 is 0. The Morgan fingerprint density at radius 2 is 1.71 bits per heavy atom. The summed E-state index contributed by atoms with van der Waals surface area (Å²) in [6, 6.07) is 3.72. The minimum atomic E-state index is -0.161. The van der Waals surface area contributed by atoms with Gasteiger partial charge >= 0.3 is 0 Å². The predicted molar refractivity (Wildman–Crippen MR) is 111 cm³/mol. The highest BCUT2D eigenvalue weighted by molar-refractivity contribution is 5.96. The van der Waals surface area contributed by atoms with Crippen molar-refractivity contribution in [1.82, 2.24) is 4.90 Å². The lowest BCUT2D eigenvalue weighted by atomic mass is 10.2. The quantitative estimate of drug-likeness (QED) is 0.735. The van der Waals surface area contributed by atoms with Crippen molar-refractivity contribution >= 4 is 17.3 Å². The fourth-order valence-electron chi connectivity index (χ4n) is 3.78. The number of hydrogen-bond acceptors (Lipinski definition) is 6. The van der Waals surface area contributed by atoms with Gasteiger partial charge in [0.2, 0.25) is 5.91 Å². The van der Waals surface area contributed by atoms with Crippen LogP contribution in [0.4, 0.5) is 11.4 Å². The van der Waals surface area contributed by atoms with Crippen LogP contribution in [0, 0.1) is 0 Å². The maximum absolute atomic E-state index is 12.8. The number of likely N-dealkylation sites (tertiary alicyclic amines) is 1. The topological polar surface area (TPSA) is 63.3 Å². The lowest BCUT2D eigenvalue weighted by molar-refractivity contribution is -0.120. The first-order valence-corrected chi connectivity index (χ1v) is 10.4. The number of rotatable bonds is 8. The zero-order valence-corrected chi connectivity index (χ0v) is 17.3. The van der Waals surface area contributed by atoms with E-state index in [0.717, 1.165) is 50.5 Å². The Morgan fingerprint density at radius 1 is 1.07 bits per heavy atom. The average Bonchev–Trinajstić information content (AvgIpc) is 3.25. The van der Waals surface area contributed by atoms with E-state index in [1.54, 1.807) is 0 Å². The second-order valence-corrected chi connectivity index (χ2v) is 7.19. The van der Waals surface area contributed by atoms with Gasteiger partial charge in [0.1, 0.15) is 11.5 Å². The third-order valence-corrected chi connectivity index (χ3v) is 5.34. The predicted octanol–water partition coefficient (Wildman–Crippen LogP) is 2.74. The molecule has 0 bridgehead atoms. The standard InChI is InChI=1S/C21H33N3O4/c1-4-27-19-15-18(24-10-12-26-13-11-24)20(28-5-2)14-17(19)22-21(25)16(3)23-8-6-7-9-23/h14-16H,4-13H2,1-3H3,(H,22,25)/t16-/m1/s1. The fraction of sp³-hybridized carbons (Fsp3) is 0.667. The summed E-state index contributed by atoms with van der Waals surface area (Å²) in [4.78, 5) is 17.3. The molecule has 1 atom stereocenters. The Hall–Kier alpha value is -1.99. The van der Waals surface area contributed by atoms with Gasteiger partial charge in [-0.15, -0.1) is 0 Å². The Balaban J connectivity index is 1.85. The number of nitrogens with zero attached hydrogens (tertiary/aromatic N) is 2. The normalized spacial score (nSPS) is 18.8. The molecule has 1 amide bonds. The van der Waals surface area contributed by atoms with E-state index in [4.69, 9.17) is 14.2 Å². The van der Waals surface area contributed by atoms with E-state index in [-0.39, 0.29) is 11.9 Å². The molecule has 2 aliphatic rings. The van der Waals surface area contributed by atoms with E-state index in [2.05, 4.69) is 15.1 Å². The molecule has 0 spiro atoms. The number of amides is 1. The van der Waals surface area contributed by atoms with Crippen molar-refractivity contribution in [1.29, 1.82) is 0 Å². The number of carbonyl (C=O) groups is 1. The maximum atomic E-state index is 12.8. The van der Waals surface area contributed by atoms with Crippen molar-refractivity contribution in [2.75, 3.05) is 62.8 Å². The third kappa shape index (κ3) is 4.89. The van der Waals surface area contributed by atoms with Crippen LogP contribution in [0.25, 0.3) is 0 Å². The van der Waals surface area contributed by atoms with Crippen LogP contribution in [0.5, 0.6) is 11.5 Å². The van der Waals surface area contributed by atoms with Crippen LogP contribution in [0.15, 0.2) is 12.1 Å². The summed E-state index contributed by atoms with van der Waals surface area (Å²) in [6.07, 6.45) is 2.31. The van der Waals surface area contributed by atoms with Crippen LogP contribution in [0.2, 0.25) is 0 Å². The van der Waals surface area contributed by atoms with Gasteiger partial charge < -0.3 is 24.4 Å². The molecule has 1 aromatic rings. The molecule has 2 fully saturated rings. The molecule has 2 saturated heterocycles. The molecule has 3 rings (SSSR count). The molecular formula is C21H33N3O4. The van der Waals surface area contributed by atoms with E-state index in [9.17, 15) is 4.79 Å². The number of hydrogen-bond donors (Lipinski definition) is 1. The zero-order valence-electron chi connectivity index (χ0n) is 17.3. The summed E-state index contributed by atoms with van der Waals surface area (Å²) in [5.74, 6) is 1.43. The van der Waals surface area contributed by atoms with Gasteiger partial charge in [-0.1, -0.05) is 0 Å². The number of morpholine rings is 1. The summed E-state index contributed by atoms with van der Waals surface area (Å²) in [7, 11) is 0. The first kappa shape index (κ1) is 20.7. The summed E-state index contributed by atoms with van der Waals surface area (Å²) in [5, 5.41) is 3.07. The molecule has 7 heteroatoms. The van der Waals surface area contributed by atoms with Crippen molar-refractivity contribution in [2.45, 2.75) is 39.7 Å². The maximum Gasteiger partial charge on any atom is 0.241 e. The Kier molecular flexibility index (Phi) is 7.39. The van der Waals surface area contributed by atoms with Crippen LogP contribution in [0.1, 0.15) is 33.6 Å². The second-order valence-electron chi connectivity index (χ2n) is 7.19. The molecule has 1 aromatic carbocycles.